The van der Waals surface area contributed by atoms with Gasteiger partial charge in [0.25, 0.3) is 0 Å². The number of aliphatic hydroxyl groups excluding tert-OH is 1. The van der Waals surface area contributed by atoms with Gasteiger partial charge in [-0.3, -0.25) is 43.2 Å². The zero-order valence-corrected chi connectivity index (χ0v) is 69.1. The first-order valence-electron chi connectivity index (χ1n) is 32.9. The number of allylic oxidation sites excluding steroid dienone is 9. The summed E-state index contributed by atoms with van der Waals surface area (Å²) in [7, 11) is 0. The van der Waals surface area contributed by atoms with Gasteiger partial charge in [0, 0.05) is 97.4 Å². The first kappa shape index (κ1) is 77.8. The summed E-state index contributed by atoms with van der Waals surface area (Å²) in [5, 5.41) is 11.4. The van der Waals surface area contributed by atoms with Crippen LogP contribution in [0.25, 0.3) is 0 Å². The number of ketones is 6. The second-order valence-corrected chi connectivity index (χ2v) is 47.1. The van der Waals surface area contributed by atoms with Crippen LogP contribution in [0.5, 0.6) is 0 Å². The average Bonchev–Trinajstić information content (AvgIpc) is 1.38. The van der Waals surface area contributed by atoms with Gasteiger partial charge in [-0.15, -0.1) is 24.0 Å². The second kappa shape index (κ2) is 29.0. The SMILES string of the molecule is CC(=O)O[C@]1(C(C)=O)CCC2C3CC(C)C4=CC(=O)CCC4(C)C3CCC21C.CC(=O)O[C@]1(C(C)=O)CCC2C3C[C@H](C)C4=CC(=O)C=CC4(C)C3C(O)CC21C.CC(=O)O[C@]1(C(C)=O)CCC2C3C[C@H](C)C4=CC(=O)C=CC4(C)C3CCC21C.I.II.I[I-]I. The molecule has 19 heteroatoms. The summed E-state index contributed by atoms with van der Waals surface area (Å²) in [4.78, 5) is 110. The fourth-order valence-corrected chi connectivity index (χ4v) is 23.5. The number of hydrogen-bond donors (Lipinski definition) is 1. The number of esters is 3. The summed E-state index contributed by atoms with van der Waals surface area (Å²) >= 11 is 9.54. The van der Waals surface area contributed by atoms with Crippen LogP contribution in [-0.4, -0.2) is 80.6 Å². The van der Waals surface area contributed by atoms with Crippen LogP contribution in [0.1, 0.15) is 207 Å². The molecule has 91 heavy (non-hydrogen) atoms. The van der Waals surface area contributed by atoms with Crippen LogP contribution in [0.4, 0.5) is 0 Å². The van der Waals surface area contributed by atoms with E-state index in [1.54, 1.807) is 32.1 Å². The first-order chi connectivity index (χ1) is 42.0. The summed E-state index contributed by atoms with van der Waals surface area (Å²) in [5.74, 6) is 3.28. The van der Waals surface area contributed by atoms with Crippen molar-refractivity contribution in [3.05, 3.63) is 59.3 Å². The molecular formula is C72H99I6O13-. The molecule has 0 amide bonds. The van der Waals surface area contributed by atoms with Gasteiger partial charge in [-0.1, -0.05) is 91.2 Å². The van der Waals surface area contributed by atoms with E-state index in [4.69, 9.17) is 14.2 Å². The van der Waals surface area contributed by atoms with E-state index in [1.807, 2.05) is 25.2 Å². The van der Waals surface area contributed by atoms with Crippen LogP contribution in [-0.2, 0) is 57.4 Å². The minimum atomic E-state index is -1.16. The summed E-state index contributed by atoms with van der Waals surface area (Å²) in [6, 6.07) is 0. The van der Waals surface area contributed by atoms with Gasteiger partial charge in [0.05, 0.1) is 6.10 Å². The molecule has 0 spiro atoms. The van der Waals surface area contributed by atoms with Gasteiger partial charge < -0.3 is 19.3 Å². The van der Waals surface area contributed by atoms with E-state index >= 15 is 0 Å². The Bertz CT molecular complexity index is 3090. The van der Waals surface area contributed by atoms with Gasteiger partial charge in [-0.25, -0.2) is 0 Å². The second-order valence-electron chi connectivity index (χ2n) is 30.9. The molecule has 0 radical (unpaired) electrons. The molecule has 1 N–H and O–H groups in total. The van der Waals surface area contributed by atoms with Crippen molar-refractivity contribution in [2.75, 3.05) is 0 Å². The van der Waals surface area contributed by atoms with Crippen molar-refractivity contribution in [1.29, 1.82) is 0 Å². The first-order valence-corrected chi connectivity index (χ1v) is 51.8. The van der Waals surface area contributed by atoms with E-state index < -0.39 is 34.3 Å². The van der Waals surface area contributed by atoms with Crippen molar-refractivity contribution in [3.8, 4) is 0 Å². The predicted octanol–water partition coefficient (Wildman–Crippen LogP) is 13.7. The van der Waals surface area contributed by atoms with Crippen LogP contribution < -0.4 is 13.3 Å². The number of rotatable bonds is 6. The Morgan fingerprint density at radius 1 is 0.495 bits per heavy atom. The third-order valence-electron chi connectivity index (χ3n) is 27.0. The molecular weight excluding hydrogens is 1830 g/mol. The Labute approximate surface area is 611 Å². The van der Waals surface area contributed by atoms with Crippen molar-refractivity contribution >= 4 is 151 Å². The molecule has 0 aromatic heterocycles. The van der Waals surface area contributed by atoms with E-state index in [1.165, 1.54) is 38.8 Å². The quantitative estimate of drug-likeness (QED) is 0.150. The number of ether oxygens (including phenoxy) is 3. The van der Waals surface area contributed by atoms with E-state index in [0.717, 1.165) is 76.2 Å². The minimum absolute atomic E-state index is 0. The van der Waals surface area contributed by atoms with Gasteiger partial charge in [0.1, 0.15) is 0 Å². The molecule has 17 unspecified atom stereocenters. The van der Waals surface area contributed by atoms with E-state index in [0.29, 0.717) is 92.7 Å². The molecule has 0 saturated heterocycles. The molecule has 0 heterocycles. The number of carbonyl (C=O) groups is 9. The molecule has 0 aliphatic heterocycles. The van der Waals surface area contributed by atoms with E-state index in [9.17, 15) is 48.3 Å². The van der Waals surface area contributed by atoms with Crippen LogP contribution >= 0.6 is 98.4 Å². The summed E-state index contributed by atoms with van der Waals surface area (Å²) in [6.07, 6.45) is 25.8. The van der Waals surface area contributed by atoms with Gasteiger partial charge in [0.15, 0.2) is 51.5 Å². The normalized spacial score (nSPS) is 44.7. The fourth-order valence-electron chi connectivity index (χ4n) is 23.5. The van der Waals surface area contributed by atoms with Gasteiger partial charge >= 0.3 is 68.4 Å². The van der Waals surface area contributed by atoms with Crippen LogP contribution in [0.3, 0.4) is 0 Å². The molecule has 508 valence electrons. The Kier molecular flexibility index (Phi) is 24.8. The monoisotopic (exact) mass is 1930 g/mol. The van der Waals surface area contributed by atoms with Crippen molar-refractivity contribution in [2.45, 2.75) is 229 Å². The van der Waals surface area contributed by atoms with Gasteiger partial charge in [-0.05, 0) is 218 Å². The molecule has 9 fully saturated rings. The Balaban J connectivity index is 0.000000186. The number of hydrogen-bond acceptors (Lipinski definition) is 13. The predicted molar refractivity (Wildman–Crippen MR) is 392 cm³/mol. The molecule has 12 aliphatic rings. The number of fused-ring (bicyclic) bond motifs is 15. The zero-order chi connectivity index (χ0) is 67.0. The van der Waals surface area contributed by atoms with Crippen LogP contribution in [0.15, 0.2) is 59.3 Å². The molecule has 0 aromatic rings. The molecule has 0 bridgehead atoms. The molecule has 0 aromatic carbocycles. The van der Waals surface area contributed by atoms with Gasteiger partial charge in [0.2, 0.25) is 0 Å². The number of carbonyl (C=O) groups excluding carboxylic acids is 9. The van der Waals surface area contributed by atoms with Crippen molar-refractivity contribution in [2.24, 2.45) is 104 Å². The third kappa shape index (κ3) is 12.9. The van der Waals surface area contributed by atoms with Crippen LogP contribution in [0, 0.1) is 104 Å². The number of aliphatic hydroxyl groups is 1. The zero-order valence-electron chi connectivity index (χ0n) is 56.0. The molecule has 13 nitrogen and oxygen atoms in total. The standard InChI is InChI=1S/C24H32O5.C24H34O4.C24H32O4.I3.I2.HI/c1-13-10-17-18-7-9-24(14(2)25,29-15(3)26)23(18,5)12-20(28)21(17)22(4)8-6-16(27)11-19(13)22;2*1-14-12-18-19(22(4)9-6-17(27)13-21(14)22)7-10-23(5)20(18)8-11-24(23,15(2)25)28-16(3)26;1-3-2;1-2;/h6,8,11,13,17-18,20-21,28H,7,9-10,12H2,1-5H3;13-14,18-20H,6-12H2,1-5H3;6,9,13-14,18-20H,7-8,10-12H2,1-5H3;;;1H/q;;;-1;;/t13-,17?,18?,20?,21?,22?,23?,24-;14?,18?,19?,20?,22?,23?,24-;14-,18?,19?,20?,22?,23?,24-;;;/m000.../s1. The third-order valence-corrected chi connectivity index (χ3v) is 27.0. The molecule has 9 saturated carbocycles. The molecule has 12 aliphatic carbocycles. The van der Waals surface area contributed by atoms with Crippen molar-refractivity contribution < 1.29 is 75.7 Å². The van der Waals surface area contributed by atoms with E-state index in [-0.39, 0.29) is 121 Å². The number of Topliss-reactive ketones (excluding diaryl/α,β-unsaturated/α-hetero) is 3. The summed E-state index contributed by atoms with van der Waals surface area (Å²) in [6.45, 7) is 28.8. The van der Waals surface area contributed by atoms with Crippen LogP contribution in [0.2, 0.25) is 0 Å². The topological polar surface area (TPSA) is 202 Å². The summed E-state index contributed by atoms with van der Waals surface area (Å²) in [5.41, 5.74) is -0.865. The average molecular weight is 1930 g/mol. The molecule has 22 atom stereocenters. The molecule has 12 rings (SSSR count). The summed E-state index contributed by atoms with van der Waals surface area (Å²) < 4.78 is 17.4. The maximum absolute atomic E-state index is 12.8. The van der Waals surface area contributed by atoms with Crippen molar-refractivity contribution in [3.63, 3.8) is 0 Å². The Morgan fingerprint density at radius 3 is 1.27 bits per heavy atom. The maximum atomic E-state index is 12.8. The van der Waals surface area contributed by atoms with Crippen molar-refractivity contribution in [1.82, 2.24) is 0 Å². The van der Waals surface area contributed by atoms with E-state index in [2.05, 4.69) is 136 Å². The Hall–Kier alpha value is -0.530. The fraction of sp³-hybridized carbons (Fsp3) is 0.736. The van der Waals surface area contributed by atoms with Gasteiger partial charge in [-0.2, -0.15) is 0 Å². The Morgan fingerprint density at radius 2 is 0.846 bits per heavy atom. The number of halogens is 6.